The monoisotopic (exact) mass is 411 g/mol. The van der Waals surface area contributed by atoms with Crippen molar-refractivity contribution in [2.75, 3.05) is 55.4 Å². The van der Waals surface area contributed by atoms with E-state index in [1.807, 2.05) is 6.07 Å². The molecule has 0 bridgehead atoms. The van der Waals surface area contributed by atoms with Gasteiger partial charge in [0.15, 0.2) is 0 Å². The second kappa shape index (κ2) is 10.5. The van der Waals surface area contributed by atoms with Crippen LogP contribution >= 0.6 is 0 Å². The molecule has 0 aliphatic carbocycles. The quantitative estimate of drug-likeness (QED) is 0.680. The summed E-state index contributed by atoms with van der Waals surface area (Å²) in [5, 5.41) is 8.30. The van der Waals surface area contributed by atoms with E-state index in [2.05, 4.69) is 61.7 Å². The number of hydrogen-bond donors (Lipinski definition) is 3. The van der Waals surface area contributed by atoms with Gasteiger partial charge in [-0.1, -0.05) is 18.2 Å². The molecular formula is C22H29N5O3. The van der Waals surface area contributed by atoms with Crippen molar-refractivity contribution < 1.29 is 14.3 Å². The Labute approximate surface area is 177 Å². The van der Waals surface area contributed by atoms with E-state index in [0.717, 1.165) is 26.2 Å². The van der Waals surface area contributed by atoms with Crippen molar-refractivity contribution in [3.05, 3.63) is 54.6 Å². The zero-order chi connectivity index (χ0) is 21.3. The lowest BCUT2D eigenvalue weighted by Crippen LogP contribution is -2.52. The Kier molecular flexibility index (Phi) is 7.51. The minimum Gasteiger partial charge on any atom is -0.453 e. The average Bonchev–Trinajstić information content (AvgIpc) is 2.79. The highest BCUT2D eigenvalue weighted by Gasteiger charge is 2.21. The normalized spacial score (nSPS) is 15.2. The van der Waals surface area contributed by atoms with Crippen LogP contribution in [0.5, 0.6) is 0 Å². The number of nitrogens with zero attached hydrogens (tertiary/aromatic N) is 2. The lowest BCUT2D eigenvalue weighted by Gasteiger charge is -2.39. The molecule has 0 aromatic heterocycles. The molecule has 160 valence electrons. The summed E-state index contributed by atoms with van der Waals surface area (Å²) in [6.45, 7) is 6.59. The van der Waals surface area contributed by atoms with E-state index < -0.39 is 6.09 Å². The number of piperazine rings is 1. The van der Waals surface area contributed by atoms with Crippen LogP contribution in [0.2, 0.25) is 0 Å². The Balaban J connectivity index is 1.39. The third-order valence-corrected chi connectivity index (χ3v) is 5.19. The number of rotatable bonds is 6. The molecule has 1 saturated heterocycles. The summed E-state index contributed by atoms with van der Waals surface area (Å²) in [5.41, 5.74) is 2.50. The number of para-hydroxylation sites is 1. The molecule has 2 aromatic carbocycles. The number of amides is 3. The summed E-state index contributed by atoms with van der Waals surface area (Å²) < 4.78 is 4.55. The predicted octanol–water partition coefficient (Wildman–Crippen LogP) is 3.20. The van der Waals surface area contributed by atoms with E-state index in [1.165, 1.54) is 12.8 Å². The molecule has 1 heterocycles. The van der Waals surface area contributed by atoms with Crippen molar-refractivity contribution >= 4 is 29.2 Å². The van der Waals surface area contributed by atoms with Crippen LogP contribution < -0.4 is 20.9 Å². The first-order chi connectivity index (χ1) is 14.5. The molecule has 0 radical (unpaired) electrons. The second-order valence-corrected chi connectivity index (χ2v) is 7.24. The van der Waals surface area contributed by atoms with Gasteiger partial charge in [0.25, 0.3) is 0 Å². The van der Waals surface area contributed by atoms with Crippen LogP contribution in [0.15, 0.2) is 54.6 Å². The molecular weight excluding hydrogens is 382 g/mol. The zero-order valence-corrected chi connectivity index (χ0v) is 17.4. The van der Waals surface area contributed by atoms with Crippen LogP contribution in [0.1, 0.15) is 6.92 Å². The molecule has 1 fully saturated rings. The van der Waals surface area contributed by atoms with E-state index in [0.29, 0.717) is 17.9 Å². The Morgan fingerprint density at radius 2 is 1.53 bits per heavy atom. The van der Waals surface area contributed by atoms with Gasteiger partial charge in [0.05, 0.1) is 7.11 Å². The maximum Gasteiger partial charge on any atom is 0.411 e. The highest BCUT2D eigenvalue weighted by molar-refractivity contribution is 5.90. The molecule has 8 nitrogen and oxygen atoms in total. The number of methoxy groups -OCH3 is 1. The Morgan fingerprint density at radius 3 is 2.13 bits per heavy atom. The molecule has 2 aromatic rings. The molecule has 1 unspecified atom stereocenters. The maximum atomic E-state index is 12.2. The third-order valence-electron chi connectivity index (χ3n) is 5.19. The lowest BCUT2D eigenvalue weighted by molar-refractivity contribution is 0.187. The second-order valence-electron chi connectivity index (χ2n) is 7.24. The topological polar surface area (TPSA) is 85.9 Å². The number of ether oxygens (including phenoxy) is 1. The number of nitrogens with one attached hydrogen (secondary N) is 3. The summed E-state index contributed by atoms with van der Waals surface area (Å²) in [6.07, 6.45) is -0.535. The van der Waals surface area contributed by atoms with Gasteiger partial charge >= 0.3 is 12.1 Å². The fraction of sp³-hybridized carbons (Fsp3) is 0.364. The van der Waals surface area contributed by atoms with Gasteiger partial charge in [-0.15, -0.1) is 0 Å². The first-order valence-corrected chi connectivity index (χ1v) is 10.1. The van der Waals surface area contributed by atoms with E-state index in [9.17, 15) is 9.59 Å². The smallest absolute Gasteiger partial charge is 0.411 e. The van der Waals surface area contributed by atoms with Gasteiger partial charge in [-0.3, -0.25) is 10.2 Å². The van der Waals surface area contributed by atoms with Crippen molar-refractivity contribution in [3.63, 3.8) is 0 Å². The number of urea groups is 1. The fourth-order valence-corrected chi connectivity index (χ4v) is 3.41. The Hall–Kier alpha value is -3.26. The molecule has 3 N–H and O–H groups in total. The van der Waals surface area contributed by atoms with Crippen LogP contribution in [0.4, 0.5) is 26.7 Å². The van der Waals surface area contributed by atoms with Crippen molar-refractivity contribution in [1.29, 1.82) is 0 Å². The van der Waals surface area contributed by atoms with Crippen LogP contribution in [0.25, 0.3) is 0 Å². The van der Waals surface area contributed by atoms with Gasteiger partial charge in [-0.25, -0.2) is 9.59 Å². The SMILES string of the molecule is COC(=O)Nc1ccc(NC(=O)NCC(C)N2CCN(c3ccccc3)CC2)cc1. The van der Waals surface area contributed by atoms with Crippen molar-refractivity contribution in [2.24, 2.45) is 0 Å². The maximum absolute atomic E-state index is 12.2. The molecule has 0 spiro atoms. The largest absolute Gasteiger partial charge is 0.453 e. The van der Waals surface area contributed by atoms with Crippen LogP contribution in [0, 0.1) is 0 Å². The number of anilines is 3. The lowest BCUT2D eigenvalue weighted by atomic mass is 10.2. The van der Waals surface area contributed by atoms with E-state index in [4.69, 9.17) is 0 Å². The standard InChI is InChI=1S/C22H29N5O3/c1-17(26-12-14-27(15-13-26)20-6-4-3-5-7-20)16-23-21(28)24-18-8-10-19(11-9-18)25-22(29)30-2/h3-11,17H,12-16H2,1-2H3,(H,25,29)(H2,23,24,28). The molecule has 1 atom stereocenters. The van der Waals surface area contributed by atoms with Crippen LogP contribution in [-0.4, -0.2) is 62.9 Å². The number of carbonyl (C=O) groups is 2. The Bertz CT molecular complexity index is 820. The van der Waals surface area contributed by atoms with E-state index >= 15 is 0 Å². The fourth-order valence-electron chi connectivity index (χ4n) is 3.41. The van der Waals surface area contributed by atoms with Crippen molar-refractivity contribution in [3.8, 4) is 0 Å². The zero-order valence-electron chi connectivity index (χ0n) is 17.4. The molecule has 8 heteroatoms. The van der Waals surface area contributed by atoms with Crippen LogP contribution in [-0.2, 0) is 4.74 Å². The van der Waals surface area contributed by atoms with E-state index in [-0.39, 0.29) is 12.1 Å². The molecule has 3 rings (SSSR count). The number of hydrogen-bond acceptors (Lipinski definition) is 5. The highest BCUT2D eigenvalue weighted by Crippen LogP contribution is 2.17. The summed E-state index contributed by atoms with van der Waals surface area (Å²) >= 11 is 0. The van der Waals surface area contributed by atoms with Gasteiger partial charge in [-0.2, -0.15) is 0 Å². The van der Waals surface area contributed by atoms with Gasteiger partial charge in [-0.05, 0) is 43.3 Å². The van der Waals surface area contributed by atoms with Crippen molar-refractivity contribution in [1.82, 2.24) is 10.2 Å². The van der Waals surface area contributed by atoms with Crippen LogP contribution in [0.3, 0.4) is 0 Å². The van der Waals surface area contributed by atoms with Gasteiger partial charge in [0, 0.05) is 55.8 Å². The first kappa shape index (κ1) is 21.4. The van der Waals surface area contributed by atoms with E-state index in [1.54, 1.807) is 24.3 Å². The minimum absolute atomic E-state index is 0.250. The van der Waals surface area contributed by atoms with Crippen molar-refractivity contribution in [2.45, 2.75) is 13.0 Å². The molecule has 1 aliphatic heterocycles. The summed E-state index contributed by atoms with van der Waals surface area (Å²) in [6, 6.07) is 17.3. The highest BCUT2D eigenvalue weighted by atomic mass is 16.5. The number of benzene rings is 2. The molecule has 3 amide bonds. The molecule has 1 aliphatic rings. The summed E-state index contributed by atoms with van der Waals surface area (Å²) in [7, 11) is 1.31. The number of carbonyl (C=O) groups excluding carboxylic acids is 2. The molecule has 0 saturated carbocycles. The van der Waals surface area contributed by atoms with Gasteiger partial charge in [0.2, 0.25) is 0 Å². The third kappa shape index (κ3) is 6.12. The molecule has 30 heavy (non-hydrogen) atoms. The summed E-state index contributed by atoms with van der Waals surface area (Å²) in [5.74, 6) is 0. The van der Waals surface area contributed by atoms with Gasteiger partial charge in [0.1, 0.15) is 0 Å². The average molecular weight is 412 g/mol. The minimum atomic E-state index is -0.535. The summed E-state index contributed by atoms with van der Waals surface area (Å²) in [4.78, 5) is 28.2. The predicted molar refractivity (Wildman–Crippen MR) is 119 cm³/mol. The Morgan fingerprint density at radius 1 is 0.933 bits per heavy atom. The van der Waals surface area contributed by atoms with Gasteiger partial charge < -0.3 is 20.3 Å². The first-order valence-electron chi connectivity index (χ1n) is 10.1.